The van der Waals surface area contributed by atoms with Gasteiger partial charge in [-0.1, -0.05) is 0 Å². The number of amides is 2. The van der Waals surface area contributed by atoms with Crippen molar-refractivity contribution in [1.29, 1.82) is 0 Å². The molecule has 2 aromatic carbocycles. The van der Waals surface area contributed by atoms with Gasteiger partial charge in [0.15, 0.2) is 11.5 Å². The second kappa shape index (κ2) is 8.91. The zero-order valence-corrected chi connectivity index (χ0v) is 14.8. The zero-order chi connectivity index (χ0) is 19.1. The van der Waals surface area contributed by atoms with Crippen molar-refractivity contribution in [2.24, 2.45) is 0 Å². The molecule has 27 heavy (non-hydrogen) atoms. The van der Waals surface area contributed by atoms with Gasteiger partial charge in [-0.3, -0.25) is 9.59 Å². The highest BCUT2D eigenvalue weighted by molar-refractivity contribution is 5.99. The summed E-state index contributed by atoms with van der Waals surface area (Å²) in [6.45, 7) is 0.939. The quantitative estimate of drug-likeness (QED) is 0.686. The van der Waals surface area contributed by atoms with Gasteiger partial charge in [0.2, 0.25) is 12.7 Å². The fourth-order valence-corrected chi connectivity index (χ4v) is 2.38. The predicted octanol–water partition coefficient (Wildman–Crippen LogP) is 1.81. The Morgan fingerprint density at radius 2 is 1.81 bits per heavy atom. The number of anilines is 1. The Bertz CT molecular complexity index is 806. The Kier molecular flexibility index (Phi) is 6.11. The SMILES string of the molecule is COCCOc1ccc(NC(=O)CNC(=O)c2ccc3c(c2)OCO3)cc1. The minimum absolute atomic E-state index is 0.138. The van der Waals surface area contributed by atoms with Crippen molar-refractivity contribution in [3.8, 4) is 17.2 Å². The molecule has 0 atom stereocenters. The molecule has 0 saturated carbocycles. The molecule has 8 nitrogen and oxygen atoms in total. The highest BCUT2D eigenvalue weighted by atomic mass is 16.7. The maximum absolute atomic E-state index is 12.2. The number of rotatable bonds is 8. The minimum Gasteiger partial charge on any atom is -0.491 e. The third kappa shape index (κ3) is 5.11. The number of methoxy groups -OCH3 is 1. The molecule has 3 rings (SSSR count). The molecule has 0 radical (unpaired) electrons. The van der Waals surface area contributed by atoms with E-state index in [1.165, 1.54) is 0 Å². The highest BCUT2D eigenvalue weighted by Crippen LogP contribution is 2.32. The summed E-state index contributed by atoms with van der Waals surface area (Å²) in [7, 11) is 1.60. The lowest BCUT2D eigenvalue weighted by molar-refractivity contribution is -0.115. The van der Waals surface area contributed by atoms with Gasteiger partial charge >= 0.3 is 0 Å². The lowest BCUT2D eigenvalue weighted by Crippen LogP contribution is -2.32. The van der Waals surface area contributed by atoms with Gasteiger partial charge < -0.3 is 29.6 Å². The van der Waals surface area contributed by atoms with Crippen LogP contribution in [0.25, 0.3) is 0 Å². The van der Waals surface area contributed by atoms with Gasteiger partial charge in [0, 0.05) is 18.4 Å². The number of nitrogens with one attached hydrogen (secondary N) is 2. The van der Waals surface area contributed by atoms with Crippen molar-refractivity contribution in [1.82, 2.24) is 5.32 Å². The summed E-state index contributed by atoms with van der Waals surface area (Å²) in [5, 5.41) is 5.28. The molecule has 0 aliphatic carbocycles. The first-order chi connectivity index (χ1) is 13.2. The van der Waals surface area contributed by atoms with Gasteiger partial charge in [0.05, 0.1) is 13.2 Å². The number of carbonyl (C=O) groups is 2. The number of ether oxygens (including phenoxy) is 4. The third-order valence-electron chi connectivity index (χ3n) is 3.74. The van der Waals surface area contributed by atoms with Crippen LogP contribution in [0.3, 0.4) is 0 Å². The van der Waals surface area contributed by atoms with Crippen LogP contribution < -0.4 is 24.8 Å². The largest absolute Gasteiger partial charge is 0.491 e. The number of benzene rings is 2. The number of hydrogen-bond acceptors (Lipinski definition) is 6. The molecule has 142 valence electrons. The van der Waals surface area contributed by atoms with E-state index in [9.17, 15) is 9.59 Å². The second-order valence-electron chi connectivity index (χ2n) is 5.66. The van der Waals surface area contributed by atoms with Gasteiger partial charge in [0.25, 0.3) is 5.91 Å². The third-order valence-corrected chi connectivity index (χ3v) is 3.74. The first-order valence-electron chi connectivity index (χ1n) is 8.35. The summed E-state index contributed by atoms with van der Waals surface area (Å²) in [5.41, 5.74) is 1.00. The average molecular weight is 372 g/mol. The molecule has 0 saturated heterocycles. The summed E-state index contributed by atoms with van der Waals surface area (Å²) in [5.74, 6) is 1.09. The van der Waals surface area contributed by atoms with E-state index in [-0.39, 0.29) is 25.2 Å². The van der Waals surface area contributed by atoms with Crippen molar-refractivity contribution in [3.05, 3.63) is 48.0 Å². The molecule has 0 fully saturated rings. The van der Waals surface area contributed by atoms with E-state index in [0.29, 0.717) is 41.7 Å². The molecule has 2 amide bonds. The molecule has 0 unspecified atom stereocenters. The Balaban J connectivity index is 1.46. The Morgan fingerprint density at radius 1 is 1.04 bits per heavy atom. The average Bonchev–Trinajstić information content (AvgIpc) is 3.15. The van der Waals surface area contributed by atoms with Crippen LogP contribution in [0, 0.1) is 0 Å². The number of carbonyl (C=O) groups excluding carboxylic acids is 2. The lowest BCUT2D eigenvalue weighted by atomic mass is 10.2. The fraction of sp³-hybridized carbons (Fsp3) is 0.263. The van der Waals surface area contributed by atoms with E-state index in [1.807, 2.05) is 0 Å². The first-order valence-corrected chi connectivity index (χ1v) is 8.35. The molecule has 0 aromatic heterocycles. The van der Waals surface area contributed by atoms with Gasteiger partial charge in [0.1, 0.15) is 12.4 Å². The van der Waals surface area contributed by atoms with Crippen molar-refractivity contribution >= 4 is 17.5 Å². The molecular weight excluding hydrogens is 352 g/mol. The minimum atomic E-state index is -0.370. The Morgan fingerprint density at radius 3 is 2.59 bits per heavy atom. The summed E-state index contributed by atoms with van der Waals surface area (Å²) in [6, 6.07) is 11.8. The van der Waals surface area contributed by atoms with E-state index in [0.717, 1.165) is 0 Å². The van der Waals surface area contributed by atoms with Gasteiger partial charge in [-0.25, -0.2) is 0 Å². The van der Waals surface area contributed by atoms with Crippen LogP contribution in [0.1, 0.15) is 10.4 Å². The summed E-state index contributed by atoms with van der Waals surface area (Å²) in [6.07, 6.45) is 0. The van der Waals surface area contributed by atoms with Gasteiger partial charge in [-0.2, -0.15) is 0 Å². The lowest BCUT2D eigenvalue weighted by Gasteiger charge is -2.09. The van der Waals surface area contributed by atoms with Crippen LogP contribution in [0.5, 0.6) is 17.2 Å². The second-order valence-corrected chi connectivity index (χ2v) is 5.66. The maximum Gasteiger partial charge on any atom is 0.251 e. The smallest absolute Gasteiger partial charge is 0.251 e. The van der Waals surface area contributed by atoms with E-state index >= 15 is 0 Å². The molecule has 0 bridgehead atoms. The Hall–Kier alpha value is -3.26. The van der Waals surface area contributed by atoms with Crippen LogP contribution in [-0.4, -0.2) is 45.5 Å². The standard InChI is InChI=1S/C19H20N2O6/c1-24-8-9-25-15-5-3-14(4-6-15)21-18(22)11-20-19(23)13-2-7-16-17(10-13)27-12-26-16/h2-7,10H,8-9,11-12H2,1H3,(H,20,23)(H,21,22). The predicted molar refractivity (Wildman–Crippen MR) is 97.3 cm³/mol. The van der Waals surface area contributed by atoms with Crippen LogP contribution in [0.4, 0.5) is 5.69 Å². The van der Waals surface area contributed by atoms with Crippen molar-refractivity contribution in [3.63, 3.8) is 0 Å². The molecule has 2 N–H and O–H groups in total. The van der Waals surface area contributed by atoms with Crippen molar-refractivity contribution in [2.75, 3.05) is 39.0 Å². The van der Waals surface area contributed by atoms with E-state index in [1.54, 1.807) is 49.6 Å². The van der Waals surface area contributed by atoms with Crippen molar-refractivity contribution in [2.45, 2.75) is 0 Å². The van der Waals surface area contributed by atoms with Crippen LogP contribution >= 0.6 is 0 Å². The maximum atomic E-state index is 12.2. The molecule has 8 heteroatoms. The molecule has 1 aliphatic heterocycles. The summed E-state index contributed by atoms with van der Waals surface area (Å²) in [4.78, 5) is 24.2. The van der Waals surface area contributed by atoms with Crippen molar-refractivity contribution < 1.29 is 28.5 Å². The molecule has 1 heterocycles. The van der Waals surface area contributed by atoms with Crippen LogP contribution in [0.15, 0.2) is 42.5 Å². The summed E-state index contributed by atoms with van der Waals surface area (Å²) >= 11 is 0. The Labute approximate surface area is 156 Å². The van der Waals surface area contributed by atoms with E-state index in [2.05, 4.69) is 10.6 Å². The highest BCUT2D eigenvalue weighted by Gasteiger charge is 2.16. The molecule has 1 aliphatic rings. The molecular formula is C19H20N2O6. The first kappa shape index (κ1) is 18.5. The van der Waals surface area contributed by atoms with E-state index < -0.39 is 0 Å². The topological polar surface area (TPSA) is 95.1 Å². The molecule has 2 aromatic rings. The van der Waals surface area contributed by atoms with Crippen LogP contribution in [-0.2, 0) is 9.53 Å². The normalized spacial score (nSPS) is 11.7. The zero-order valence-electron chi connectivity index (χ0n) is 14.8. The monoisotopic (exact) mass is 372 g/mol. The fourth-order valence-electron chi connectivity index (χ4n) is 2.38. The molecule has 0 spiro atoms. The van der Waals surface area contributed by atoms with E-state index in [4.69, 9.17) is 18.9 Å². The number of fused-ring (bicyclic) bond motifs is 1. The van der Waals surface area contributed by atoms with Gasteiger partial charge in [-0.05, 0) is 42.5 Å². The van der Waals surface area contributed by atoms with Crippen LogP contribution in [0.2, 0.25) is 0 Å². The van der Waals surface area contributed by atoms with Gasteiger partial charge in [-0.15, -0.1) is 0 Å². The summed E-state index contributed by atoms with van der Waals surface area (Å²) < 4.78 is 20.8. The number of hydrogen-bond donors (Lipinski definition) is 2.